The molecule has 0 aliphatic heterocycles. The van der Waals surface area contributed by atoms with Crippen molar-refractivity contribution in [1.82, 2.24) is 0 Å². The van der Waals surface area contributed by atoms with Gasteiger partial charge >= 0.3 is 0 Å². The fraction of sp³-hybridized carbons (Fsp3) is 0.200. The zero-order valence-electron chi connectivity index (χ0n) is 9.44. The molecule has 1 fully saturated rings. The van der Waals surface area contributed by atoms with E-state index in [2.05, 4.69) is 24.3 Å². The molecule has 1 aliphatic rings. The summed E-state index contributed by atoms with van der Waals surface area (Å²) in [5, 5.41) is 0.773. The molecule has 2 heteroatoms. The first-order chi connectivity index (χ1) is 8.24. The van der Waals surface area contributed by atoms with Gasteiger partial charge in [0, 0.05) is 17.0 Å². The van der Waals surface area contributed by atoms with Crippen LogP contribution in [-0.4, -0.2) is 6.04 Å². The van der Waals surface area contributed by atoms with Gasteiger partial charge < -0.3 is 5.73 Å². The molecular formula is C15H14ClN. The number of halogens is 1. The highest BCUT2D eigenvalue weighted by atomic mass is 35.5. The first-order valence-corrected chi connectivity index (χ1v) is 6.23. The van der Waals surface area contributed by atoms with Crippen molar-refractivity contribution >= 4 is 11.6 Å². The average molecular weight is 244 g/mol. The number of rotatable bonds is 2. The molecule has 2 aromatic carbocycles. The average Bonchev–Trinajstić information content (AvgIpc) is 3.08. The van der Waals surface area contributed by atoms with E-state index in [4.69, 9.17) is 17.3 Å². The minimum atomic E-state index is 0.372. The van der Waals surface area contributed by atoms with Crippen LogP contribution in [0.4, 0.5) is 0 Å². The van der Waals surface area contributed by atoms with Gasteiger partial charge in [-0.15, -0.1) is 0 Å². The van der Waals surface area contributed by atoms with Gasteiger partial charge in [0.1, 0.15) is 0 Å². The summed E-state index contributed by atoms with van der Waals surface area (Å²) in [6.45, 7) is 0. The van der Waals surface area contributed by atoms with Gasteiger partial charge in [-0.2, -0.15) is 0 Å². The molecule has 1 saturated carbocycles. The van der Waals surface area contributed by atoms with Gasteiger partial charge in [0.15, 0.2) is 0 Å². The van der Waals surface area contributed by atoms with Crippen LogP contribution in [0.1, 0.15) is 17.9 Å². The van der Waals surface area contributed by atoms with E-state index in [1.165, 1.54) is 16.7 Å². The molecule has 2 N–H and O–H groups in total. The van der Waals surface area contributed by atoms with Crippen LogP contribution in [-0.2, 0) is 0 Å². The van der Waals surface area contributed by atoms with Crippen LogP contribution >= 0.6 is 11.6 Å². The summed E-state index contributed by atoms with van der Waals surface area (Å²) >= 11 is 5.88. The molecule has 2 unspecified atom stereocenters. The number of benzene rings is 2. The maximum Gasteiger partial charge on any atom is 0.0406 e. The topological polar surface area (TPSA) is 26.0 Å². The monoisotopic (exact) mass is 243 g/mol. The molecule has 1 aliphatic carbocycles. The summed E-state index contributed by atoms with van der Waals surface area (Å²) in [4.78, 5) is 0. The first-order valence-electron chi connectivity index (χ1n) is 5.85. The highest BCUT2D eigenvalue weighted by Gasteiger charge is 2.34. The van der Waals surface area contributed by atoms with E-state index in [0.717, 1.165) is 11.4 Å². The molecule has 0 saturated heterocycles. The highest BCUT2D eigenvalue weighted by molar-refractivity contribution is 6.30. The van der Waals surface area contributed by atoms with Crippen LogP contribution in [0.3, 0.4) is 0 Å². The van der Waals surface area contributed by atoms with E-state index in [9.17, 15) is 0 Å². The molecule has 3 rings (SSSR count). The van der Waals surface area contributed by atoms with Crippen LogP contribution in [0.2, 0.25) is 5.02 Å². The fourth-order valence-corrected chi connectivity index (χ4v) is 2.29. The molecule has 0 radical (unpaired) electrons. The van der Waals surface area contributed by atoms with Gasteiger partial charge in [-0.3, -0.25) is 0 Å². The summed E-state index contributed by atoms with van der Waals surface area (Å²) in [7, 11) is 0. The van der Waals surface area contributed by atoms with Gasteiger partial charge in [-0.1, -0.05) is 48.0 Å². The molecule has 0 amide bonds. The molecule has 0 spiro atoms. The zero-order valence-corrected chi connectivity index (χ0v) is 10.2. The van der Waals surface area contributed by atoms with Crippen LogP contribution in [0.15, 0.2) is 48.5 Å². The SMILES string of the molecule is NC1CC1c1ccc(-c2ccc(Cl)cc2)cc1. The normalized spacial score (nSPS) is 22.5. The quantitative estimate of drug-likeness (QED) is 0.853. The van der Waals surface area contributed by atoms with E-state index in [-0.39, 0.29) is 0 Å². The maximum absolute atomic E-state index is 5.88. The van der Waals surface area contributed by atoms with Crippen LogP contribution in [0, 0.1) is 0 Å². The standard InChI is InChI=1S/C15H14ClN/c16-13-7-5-11(6-8-13)10-1-3-12(4-2-10)14-9-15(14)17/h1-8,14-15H,9,17H2. The van der Waals surface area contributed by atoms with E-state index in [1.54, 1.807) is 0 Å². The highest BCUT2D eigenvalue weighted by Crippen LogP contribution is 2.39. The Morgan fingerprint density at radius 1 is 0.882 bits per heavy atom. The third-order valence-electron chi connectivity index (χ3n) is 3.36. The lowest BCUT2D eigenvalue weighted by Gasteiger charge is -2.04. The molecule has 17 heavy (non-hydrogen) atoms. The largest absolute Gasteiger partial charge is 0.327 e. The zero-order chi connectivity index (χ0) is 11.8. The van der Waals surface area contributed by atoms with Crippen LogP contribution in [0.5, 0.6) is 0 Å². The summed E-state index contributed by atoms with van der Waals surface area (Å²) < 4.78 is 0. The minimum Gasteiger partial charge on any atom is -0.327 e. The third kappa shape index (κ3) is 2.21. The minimum absolute atomic E-state index is 0.372. The van der Waals surface area contributed by atoms with E-state index in [0.29, 0.717) is 12.0 Å². The van der Waals surface area contributed by atoms with Crippen molar-refractivity contribution in [2.45, 2.75) is 18.4 Å². The van der Waals surface area contributed by atoms with E-state index >= 15 is 0 Å². The number of hydrogen-bond acceptors (Lipinski definition) is 1. The van der Waals surface area contributed by atoms with Gasteiger partial charge in [0.2, 0.25) is 0 Å². The van der Waals surface area contributed by atoms with Crippen molar-refractivity contribution in [2.75, 3.05) is 0 Å². The van der Waals surface area contributed by atoms with Crippen molar-refractivity contribution in [3.63, 3.8) is 0 Å². The smallest absolute Gasteiger partial charge is 0.0406 e. The van der Waals surface area contributed by atoms with Gasteiger partial charge in [-0.25, -0.2) is 0 Å². The summed E-state index contributed by atoms with van der Waals surface area (Å²) in [5.41, 5.74) is 9.62. The summed E-state index contributed by atoms with van der Waals surface area (Å²) in [6.07, 6.45) is 1.13. The Bertz CT molecular complexity index is 516. The van der Waals surface area contributed by atoms with E-state index in [1.807, 2.05) is 24.3 Å². The number of nitrogens with two attached hydrogens (primary N) is 1. The molecule has 0 bridgehead atoms. The Kier molecular flexibility index (Phi) is 2.65. The summed E-state index contributed by atoms with van der Waals surface area (Å²) in [5.74, 6) is 0.578. The molecule has 0 heterocycles. The lowest BCUT2D eigenvalue weighted by molar-refractivity contribution is 0.991. The number of hydrogen-bond donors (Lipinski definition) is 1. The second-order valence-corrected chi connectivity index (χ2v) is 5.07. The van der Waals surface area contributed by atoms with E-state index < -0.39 is 0 Å². The Morgan fingerprint density at radius 3 is 1.82 bits per heavy atom. The fourth-order valence-electron chi connectivity index (χ4n) is 2.16. The second kappa shape index (κ2) is 4.17. The molecule has 1 nitrogen and oxygen atoms in total. The Morgan fingerprint density at radius 2 is 1.35 bits per heavy atom. The van der Waals surface area contributed by atoms with Gasteiger partial charge in [-0.05, 0) is 35.2 Å². The van der Waals surface area contributed by atoms with Gasteiger partial charge in [0.25, 0.3) is 0 Å². The molecule has 86 valence electrons. The lowest BCUT2D eigenvalue weighted by Crippen LogP contribution is -2.00. The molecule has 2 aromatic rings. The predicted molar refractivity (Wildman–Crippen MR) is 72.2 cm³/mol. The van der Waals surface area contributed by atoms with Crippen molar-refractivity contribution in [2.24, 2.45) is 5.73 Å². The Labute approximate surface area is 106 Å². The molecule has 0 aromatic heterocycles. The van der Waals surface area contributed by atoms with Crippen LogP contribution < -0.4 is 5.73 Å². The second-order valence-electron chi connectivity index (χ2n) is 4.63. The third-order valence-corrected chi connectivity index (χ3v) is 3.61. The van der Waals surface area contributed by atoms with Crippen molar-refractivity contribution in [3.8, 4) is 11.1 Å². The molecular weight excluding hydrogens is 230 g/mol. The van der Waals surface area contributed by atoms with Crippen molar-refractivity contribution in [3.05, 3.63) is 59.1 Å². The first kappa shape index (κ1) is 10.8. The lowest BCUT2D eigenvalue weighted by atomic mass is 10.0. The summed E-state index contributed by atoms with van der Waals surface area (Å²) in [6, 6.07) is 17.0. The maximum atomic E-state index is 5.88. The van der Waals surface area contributed by atoms with Gasteiger partial charge in [0.05, 0.1) is 0 Å². The van der Waals surface area contributed by atoms with Crippen molar-refractivity contribution < 1.29 is 0 Å². The Balaban J connectivity index is 1.86. The predicted octanol–water partition coefficient (Wildman–Crippen LogP) is 3.82. The Hall–Kier alpha value is -1.31. The van der Waals surface area contributed by atoms with Crippen molar-refractivity contribution in [1.29, 1.82) is 0 Å². The van der Waals surface area contributed by atoms with Crippen LogP contribution in [0.25, 0.3) is 11.1 Å². The molecule has 2 atom stereocenters.